The van der Waals surface area contributed by atoms with Crippen molar-refractivity contribution >= 4 is 44.6 Å². The smallest absolute Gasteiger partial charge is 0.229 e. The van der Waals surface area contributed by atoms with E-state index in [1.165, 1.54) is 23.1 Å². The highest BCUT2D eigenvalue weighted by molar-refractivity contribution is 8.02. The van der Waals surface area contributed by atoms with Gasteiger partial charge in [-0.2, -0.15) is 0 Å². The lowest BCUT2D eigenvalue weighted by Crippen LogP contribution is -2.14. The molecule has 8 heteroatoms. The molecule has 0 aliphatic carbocycles. The van der Waals surface area contributed by atoms with E-state index in [0.717, 1.165) is 16.3 Å². The fourth-order valence-corrected chi connectivity index (χ4v) is 4.37. The molecule has 118 valence electrons. The Morgan fingerprint density at radius 2 is 1.95 bits per heavy atom. The average molecular weight is 356 g/mol. The summed E-state index contributed by atoms with van der Waals surface area (Å²) < 4.78 is 25.5. The number of Topliss-reactive ketones (excluding diaryl/α,β-unsaturated/α-hetero) is 1. The van der Waals surface area contributed by atoms with Gasteiger partial charge in [-0.3, -0.25) is 9.52 Å². The average Bonchev–Trinajstić information content (AvgIpc) is 2.82. The molecular formula is C14H16N2O3S3. The molecule has 0 unspecified atom stereocenters. The zero-order valence-electron chi connectivity index (χ0n) is 12.4. The number of nitrogens with one attached hydrogen (secondary N) is 1. The molecule has 0 saturated heterocycles. The first kappa shape index (κ1) is 17.0. The maximum Gasteiger partial charge on any atom is 0.229 e. The van der Waals surface area contributed by atoms with Gasteiger partial charge < -0.3 is 0 Å². The molecule has 1 atom stereocenters. The van der Waals surface area contributed by atoms with Crippen LogP contribution in [0, 0.1) is 6.92 Å². The Bertz CT molecular complexity index is 767. The molecule has 1 aromatic carbocycles. The minimum Gasteiger partial charge on any atom is -0.293 e. The van der Waals surface area contributed by atoms with E-state index in [1.807, 2.05) is 19.2 Å². The summed E-state index contributed by atoms with van der Waals surface area (Å²) in [5.74, 6) is -0.0104. The van der Waals surface area contributed by atoms with Crippen molar-refractivity contribution in [2.75, 3.05) is 11.0 Å². The summed E-state index contributed by atoms with van der Waals surface area (Å²) in [6, 6.07) is 6.42. The van der Waals surface area contributed by atoms with Gasteiger partial charge in [0.1, 0.15) is 0 Å². The molecule has 1 heterocycles. The molecule has 0 amide bonds. The number of nitrogens with zero attached hydrogens (tertiary/aromatic N) is 1. The van der Waals surface area contributed by atoms with E-state index < -0.39 is 10.0 Å². The van der Waals surface area contributed by atoms with Crippen LogP contribution in [0.4, 0.5) is 5.69 Å². The number of thiazole rings is 1. The zero-order valence-corrected chi connectivity index (χ0v) is 14.8. The summed E-state index contributed by atoms with van der Waals surface area (Å²) in [5, 5.41) is 1.70. The number of hydrogen-bond donors (Lipinski definition) is 1. The van der Waals surface area contributed by atoms with Crippen molar-refractivity contribution < 1.29 is 13.2 Å². The van der Waals surface area contributed by atoms with Crippen LogP contribution >= 0.6 is 23.1 Å². The number of carbonyl (C=O) groups is 1. The predicted molar refractivity (Wildman–Crippen MR) is 91.4 cm³/mol. The fraction of sp³-hybridized carbons (Fsp3) is 0.286. The summed E-state index contributed by atoms with van der Waals surface area (Å²) in [4.78, 5) is 16.7. The molecule has 0 aliphatic rings. The van der Waals surface area contributed by atoms with Crippen molar-refractivity contribution in [1.82, 2.24) is 4.98 Å². The van der Waals surface area contributed by atoms with Crippen LogP contribution in [-0.4, -0.2) is 30.7 Å². The van der Waals surface area contributed by atoms with Crippen molar-refractivity contribution in [2.45, 2.75) is 23.4 Å². The minimum atomic E-state index is -3.31. The lowest BCUT2D eigenvalue weighted by atomic mass is 10.1. The van der Waals surface area contributed by atoms with E-state index in [0.29, 0.717) is 11.3 Å². The van der Waals surface area contributed by atoms with E-state index in [4.69, 9.17) is 0 Å². The SMILES string of the molecule is Cc1csc(S[C@H](C)C(=O)c2ccc(NS(C)(=O)=O)cc2)n1. The Morgan fingerprint density at radius 1 is 1.32 bits per heavy atom. The number of benzene rings is 1. The minimum absolute atomic E-state index is 0.0104. The number of sulfonamides is 1. The van der Waals surface area contributed by atoms with Gasteiger partial charge >= 0.3 is 0 Å². The fourth-order valence-electron chi connectivity index (χ4n) is 1.74. The summed E-state index contributed by atoms with van der Waals surface area (Å²) in [7, 11) is -3.31. The quantitative estimate of drug-likeness (QED) is 0.635. The molecular weight excluding hydrogens is 340 g/mol. The summed E-state index contributed by atoms with van der Waals surface area (Å²) >= 11 is 2.95. The van der Waals surface area contributed by atoms with Crippen molar-refractivity contribution in [1.29, 1.82) is 0 Å². The second kappa shape index (κ2) is 6.80. The Labute approximate surface area is 138 Å². The van der Waals surface area contributed by atoms with E-state index >= 15 is 0 Å². The largest absolute Gasteiger partial charge is 0.293 e. The summed E-state index contributed by atoms with van der Waals surface area (Å²) in [6.45, 7) is 3.76. The second-order valence-electron chi connectivity index (χ2n) is 4.83. The van der Waals surface area contributed by atoms with Crippen molar-refractivity contribution in [3.63, 3.8) is 0 Å². The number of anilines is 1. The number of thioether (sulfide) groups is 1. The predicted octanol–water partition coefficient (Wildman–Crippen LogP) is 3.19. The Balaban J connectivity index is 2.05. The first-order chi connectivity index (χ1) is 10.2. The van der Waals surface area contributed by atoms with Gasteiger partial charge in [0.25, 0.3) is 0 Å². The molecule has 0 radical (unpaired) electrons. The molecule has 0 saturated carbocycles. The Hall–Kier alpha value is -1.38. The Kier molecular flexibility index (Phi) is 5.25. The molecule has 2 aromatic rings. The first-order valence-corrected chi connectivity index (χ1v) is 10.1. The standard InChI is InChI=1S/C14H16N2O3S3/c1-9-8-20-14(15-9)21-10(2)13(17)11-4-6-12(7-5-11)16-22(3,18)19/h4-8,10,16H,1-3H3/t10-/m1/s1. The third-order valence-corrected chi connectivity index (χ3v) is 5.51. The zero-order chi connectivity index (χ0) is 16.3. The van der Waals surface area contributed by atoms with Gasteiger partial charge in [-0.15, -0.1) is 11.3 Å². The molecule has 2 rings (SSSR count). The maximum absolute atomic E-state index is 12.4. The van der Waals surface area contributed by atoms with Crippen LogP contribution in [0.1, 0.15) is 23.0 Å². The van der Waals surface area contributed by atoms with Crippen molar-refractivity contribution in [3.8, 4) is 0 Å². The maximum atomic E-state index is 12.4. The van der Waals surface area contributed by atoms with E-state index in [1.54, 1.807) is 24.3 Å². The second-order valence-corrected chi connectivity index (χ2v) is 9.03. The van der Waals surface area contributed by atoms with Gasteiger partial charge in [0.2, 0.25) is 10.0 Å². The number of hydrogen-bond acceptors (Lipinski definition) is 6. The topological polar surface area (TPSA) is 76.1 Å². The normalized spacial score (nSPS) is 12.9. The third kappa shape index (κ3) is 4.82. The monoisotopic (exact) mass is 356 g/mol. The van der Waals surface area contributed by atoms with E-state index in [-0.39, 0.29) is 11.0 Å². The first-order valence-electron chi connectivity index (χ1n) is 6.45. The van der Waals surface area contributed by atoms with Crippen molar-refractivity contribution in [2.24, 2.45) is 0 Å². The van der Waals surface area contributed by atoms with Gasteiger partial charge in [-0.25, -0.2) is 13.4 Å². The van der Waals surface area contributed by atoms with Crippen LogP contribution in [-0.2, 0) is 10.0 Å². The molecule has 0 spiro atoms. The number of rotatable bonds is 6. The van der Waals surface area contributed by atoms with E-state index in [2.05, 4.69) is 9.71 Å². The highest BCUT2D eigenvalue weighted by Gasteiger charge is 2.18. The third-order valence-electron chi connectivity index (χ3n) is 2.72. The lowest BCUT2D eigenvalue weighted by Gasteiger charge is -2.09. The molecule has 0 bridgehead atoms. The molecule has 1 aromatic heterocycles. The van der Waals surface area contributed by atoms with Gasteiger partial charge in [0.05, 0.1) is 11.5 Å². The number of aromatic nitrogens is 1. The van der Waals surface area contributed by atoms with Gasteiger partial charge in [-0.1, -0.05) is 11.8 Å². The molecule has 0 aliphatic heterocycles. The number of carbonyl (C=O) groups excluding carboxylic acids is 1. The summed E-state index contributed by atoms with van der Waals surface area (Å²) in [5.41, 5.74) is 1.94. The Morgan fingerprint density at radius 3 is 2.45 bits per heavy atom. The molecule has 22 heavy (non-hydrogen) atoms. The highest BCUT2D eigenvalue weighted by atomic mass is 32.2. The van der Waals surface area contributed by atoms with Crippen LogP contribution in [0.25, 0.3) is 0 Å². The molecule has 5 nitrogen and oxygen atoms in total. The van der Waals surface area contributed by atoms with Gasteiger partial charge in [-0.05, 0) is 38.1 Å². The molecule has 1 N–H and O–H groups in total. The van der Waals surface area contributed by atoms with Crippen LogP contribution in [0.15, 0.2) is 34.0 Å². The van der Waals surface area contributed by atoms with Crippen molar-refractivity contribution in [3.05, 3.63) is 40.9 Å². The van der Waals surface area contributed by atoms with Crippen LogP contribution in [0.5, 0.6) is 0 Å². The highest BCUT2D eigenvalue weighted by Crippen LogP contribution is 2.28. The van der Waals surface area contributed by atoms with Crippen LogP contribution in [0.3, 0.4) is 0 Å². The van der Waals surface area contributed by atoms with Crippen LogP contribution < -0.4 is 4.72 Å². The number of aryl methyl sites for hydroxylation is 1. The van der Waals surface area contributed by atoms with Gasteiger partial charge in [0, 0.05) is 22.3 Å². The van der Waals surface area contributed by atoms with E-state index in [9.17, 15) is 13.2 Å². The van der Waals surface area contributed by atoms with Gasteiger partial charge in [0.15, 0.2) is 10.1 Å². The summed E-state index contributed by atoms with van der Waals surface area (Å²) in [6.07, 6.45) is 1.08. The molecule has 0 fully saturated rings. The lowest BCUT2D eigenvalue weighted by molar-refractivity contribution is 0.0994. The number of ketones is 1. The van der Waals surface area contributed by atoms with Crippen LogP contribution in [0.2, 0.25) is 0 Å².